The van der Waals surface area contributed by atoms with Crippen molar-refractivity contribution in [3.05, 3.63) is 24.5 Å². The number of rotatable bonds is 6. The van der Waals surface area contributed by atoms with E-state index in [4.69, 9.17) is 9.72 Å². The Morgan fingerprint density at radius 1 is 1.16 bits per heavy atom. The number of anilines is 1. The van der Waals surface area contributed by atoms with Crippen molar-refractivity contribution in [2.45, 2.75) is 39.8 Å². The van der Waals surface area contributed by atoms with Gasteiger partial charge in [0.25, 0.3) is 0 Å². The molecule has 1 atom stereocenters. The van der Waals surface area contributed by atoms with E-state index < -0.39 is 0 Å². The maximum Gasteiger partial charge on any atom is 0.245 e. The first-order chi connectivity index (χ1) is 15.6. The molecule has 3 aromatic heterocycles. The predicted molar refractivity (Wildman–Crippen MR) is 122 cm³/mol. The lowest BCUT2D eigenvalue weighted by Crippen LogP contribution is -2.47. The third kappa shape index (κ3) is 4.68. The van der Waals surface area contributed by atoms with Gasteiger partial charge in [0.15, 0.2) is 17.0 Å². The number of imidazole rings is 1. The van der Waals surface area contributed by atoms with Gasteiger partial charge in [-0.3, -0.25) is 4.79 Å². The summed E-state index contributed by atoms with van der Waals surface area (Å²) < 4.78 is 7.36. The second-order valence-electron chi connectivity index (χ2n) is 7.14. The van der Waals surface area contributed by atoms with Crippen LogP contribution in [0.4, 0.5) is 5.82 Å². The molecule has 0 spiro atoms. The van der Waals surface area contributed by atoms with Crippen LogP contribution >= 0.6 is 0 Å². The average Bonchev–Trinajstić information content (AvgIpc) is 3.23. The van der Waals surface area contributed by atoms with E-state index in [2.05, 4.69) is 38.1 Å². The van der Waals surface area contributed by atoms with Gasteiger partial charge in [0.2, 0.25) is 5.91 Å². The minimum atomic E-state index is -0.390. The van der Waals surface area contributed by atoms with Crippen molar-refractivity contribution in [2.75, 3.05) is 31.6 Å². The molecule has 0 bridgehead atoms. The van der Waals surface area contributed by atoms with E-state index in [1.807, 2.05) is 30.2 Å². The van der Waals surface area contributed by atoms with Crippen LogP contribution in [0.2, 0.25) is 0 Å². The highest BCUT2D eigenvalue weighted by Gasteiger charge is 2.26. The summed E-state index contributed by atoms with van der Waals surface area (Å²) in [4.78, 5) is 37.0. The number of amides is 1. The fourth-order valence-electron chi connectivity index (χ4n) is 3.58. The van der Waals surface area contributed by atoms with Gasteiger partial charge in [0, 0.05) is 32.0 Å². The van der Waals surface area contributed by atoms with E-state index in [0.29, 0.717) is 62.1 Å². The Balaban J connectivity index is 0.00000141. The van der Waals surface area contributed by atoms with E-state index in [1.54, 1.807) is 12.4 Å². The first-order valence-corrected chi connectivity index (χ1v) is 10.6. The van der Waals surface area contributed by atoms with Crippen molar-refractivity contribution in [3.63, 3.8) is 0 Å². The summed E-state index contributed by atoms with van der Waals surface area (Å²) in [5.41, 5.74) is 2.14. The molecule has 0 saturated carbocycles. The number of morpholine rings is 1. The number of carbonyl (C=O) groups excluding carboxylic acids is 1. The lowest BCUT2D eigenvalue weighted by atomic mass is 10.2. The second kappa shape index (κ2) is 10.6. The Bertz CT molecular complexity index is 1070. The van der Waals surface area contributed by atoms with Crippen molar-refractivity contribution in [2.24, 2.45) is 0 Å². The number of terminal acetylenes is 1. The SMILES string of the molecule is C#C.CC[C@H](Nc1ncnc2c1nc(-c1cnc(C)nc1)n2CC)C(=O)N1CCOCC1. The highest BCUT2D eigenvalue weighted by Crippen LogP contribution is 2.27. The molecule has 168 valence electrons. The van der Waals surface area contributed by atoms with Crippen LogP contribution in [-0.2, 0) is 16.1 Å². The Hall–Kier alpha value is -3.58. The number of carbonyl (C=O) groups is 1. The molecular formula is C22H28N8O2. The van der Waals surface area contributed by atoms with Crippen molar-refractivity contribution >= 4 is 22.9 Å². The van der Waals surface area contributed by atoms with Crippen molar-refractivity contribution in [3.8, 4) is 24.2 Å². The molecule has 4 rings (SSSR count). The summed E-state index contributed by atoms with van der Waals surface area (Å²) in [6.45, 7) is 8.90. The molecule has 1 aliphatic rings. The minimum Gasteiger partial charge on any atom is -0.378 e. The highest BCUT2D eigenvalue weighted by molar-refractivity contribution is 5.90. The smallest absolute Gasteiger partial charge is 0.245 e. The van der Waals surface area contributed by atoms with Gasteiger partial charge in [-0.25, -0.2) is 24.9 Å². The van der Waals surface area contributed by atoms with Crippen molar-refractivity contribution in [1.29, 1.82) is 0 Å². The molecule has 0 aromatic carbocycles. The summed E-state index contributed by atoms with van der Waals surface area (Å²) in [5, 5.41) is 3.30. The standard InChI is InChI=1S/C20H26N8O2.C2H2/c1-4-15(20(29)27-6-8-30-9-7-27)25-17-16-19(24-12-23-17)28(5-2)18(26-16)14-10-21-13(3)22-11-14;1-2/h10-12,15H,4-9H2,1-3H3,(H,23,24,25);1-2H/t15-;/m0./s1. The van der Waals surface area contributed by atoms with Crippen LogP contribution in [0, 0.1) is 19.8 Å². The van der Waals surface area contributed by atoms with Crippen LogP contribution in [0.5, 0.6) is 0 Å². The van der Waals surface area contributed by atoms with E-state index in [9.17, 15) is 4.79 Å². The monoisotopic (exact) mass is 436 g/mol. The lowest BCUT2D eigenvalue weighted by molar-refractivity contribution is -0.136. The predicted octanol–water partition coefficient (Wildman–Crippen LogP) is 1.91. The summed E-state index contributed by atoms with van der Waals surface area (Å²) in [7, 11) is 0. The zero-order valence-electron chi connectivity index (χ0n) is 18.7. The summed E-state index contributed by atoms with van der Waals surface area (Å²) >= 11 is 0. The molecule has 0 unspecified atom stereocenters. The Morgan fingerprint density at radius 3 is 2.47 bits per heavy atom. The maximum atomic E-state index is 13.0. The van der Waals surface area contributed by atoms with E-state index in [-0.39, 0.29) is 11.9 Å². The van der Waals surface area contributed by atoms with Crippen molar-refractivity contribution < 1.29 is 9.53 Å². The first kappa shape index (κ1) is 23.1. The molecule has 1 amide bonds. The van der Waals surface area contributed by atoms with Crippen LogP contribution in [-0.4, -0.2) is 72.6 Å². The first-order valence-electron chi connectivity index (χ1n) is 10.6. The Labute approximate surface area is 187 Å². The van der Waals surface area contributed by atoms with Gasteiger partial charge >= 0.3 is 0 Å². The lowest BCUT2D eigenvalue weighted by Gasteiger charge is -2.30. The van der Waals surface area contributed by atoms with Crippen molar-refractivity contribution in [1.82, 2.24) is 34.4 Å². The summed E-state index contributed by atoms with van der Waals surface area (Å²) in [6.07, 6.45) is 13.6. The number of fused-ring (bicyclic) bond motifs is 1. The molecule has 3 aromatic rings. The van der Waals surface area contributed by atoms with Crippen LogP contribution < -0.4 is 5.32 Å². The van der Waals surface area contributed by atoms with Gasteiger partial charge in [-0.1, -0.05) is 6.92 Å². The van der Waals surface area contributed by atoms with E-state index in [1.165, 1.54) is 6.33 Å². The van der Waals surface area contributed by atoms with E-state index >= 15 is 0 Å². The van der Waals surface area contributed by atoms with E-state index in [0.717, 1.165) is 11.4 Å². The number of hydrogen-bond acceptors (Lipinski definition) is 8. The van der Waals surface area contributed by atoms with Gasteiger partial charge < -0.3 is 19.5 Å². The second-order valence-corrected chi connectivity index (χ2v) is 7.14. The zero-order chi connectivity index (χ0) is 23.1. The molecule has 1 fully saturated rings. The topological polar surface area (TPSA) is 111 Å². The van der Waals surface area contributed by atoms with Crippen LogP contribution in [0.1, 0.15) is 26.1 Å². The molecule has 32 heavy (non-hydrogen) atoms. The third-order valence-electron chi connectivity index (χ3n) is 5.23. The molecule has 4 heterocycles. The largest absolute Gasteiger partial charge is 0.378 e. The quantitative estimate of drug-likeness (QED) is 0.584. The number of nitrogens with one attached hydrogen (secondary N) is 1. The third-order valence-corrected chi connectivity index (χ3v) is 5.23. The molecule has 0 aliphatic carbocycles. The number of nitrogens with zero attached hydrogens (tertiary/aromatic N) is 7. The normalized spacial score (nSPS) is 14.5. The van der Waals surface area contributed by atoms with Crippen LogP contribution in [0.15, 0.2) is 18.7 Å². The maximum absolute atomic E-state index is 13.0. The number of ether oxygens (including phenoxy) is 1. The highest BCUT2D eigenvalue weighted by atomic mass is 16.5. The number of aromatic nitrogens is 6. The molecule has 10 heteroatoms. The van der Waals surface area contributed by atoms with Gasteiger partial charge in [-0.15, -0.1) is 12.8 Å². The minimum absolute atomic E-state index is 0.0506. The molecule has 0 radical (unpaired) electrons. The van der Waals surface area contributed by atoms with Crippen LogP contribution in [0.3, 0.4) is 0 Å². The molecule has 1 N–H and O–H groups in total. The fourth-order valence-corrected chi connectivity index (χ4v) is 3.58. The Kier molecular flexibility index (Phi) is 7.68. The Morgan fingerprint density at radius 2 is 1.84 bits per heavy atom. The van der Waals surface area contributed by atoms with Gasteiger partial charge in [-0.05, 0) is 20.3 Å². The van der Waals surface area contributed by atoms with Crippen LogP contribution in [0.25, 0.3) is 22.6 Å². The van der Waals surface area contributed by atoms with Gasteiger partial charge in [0.1, 0.15) is 24.0 Å². The number of aryl methyl sites for hydroxylation is 2. The fraction of sp³-hybridized carbons (Fsp3) is 0.455. The summed E-state index contributed by atoms with van der Waals surface area (Å²) in [5.74, 6) is 2.03. The molecule has 1 saturated heterocycles. The molecule has 1 aliphatic heterocycles. The molecule has 10 nitrogen and oxygen atoms in total. The summed E-state index contributed by atoms with van der Waals surface area (Å²) in [6, 6.07) is -0.390. The molecular weight excluding hydrogens is 408 g/mol. The zero-order valence-corrected chi connectivity index (χ0v) is 18.7. The average molecular weight is 437 g/mol. The van der Waals surface area contributed by atoms with Gasteiger partial charge in [-0.2, -0.15) is 0 Å². The van der Waals surface area contributed by atoms with Gasteiger partial charge in [0.05, 0.1) is 18.8 Å². The number of hydrogen-bond donors (Lipinski definition) is 1.